The molecule has 1 N–H and O–H groups in total. The average Bonchev–Trinajstić information content (AvgIpc) is 3.07. The fraction of sp³-hybridized carbons (Fsp3) is 0.522. The highest BCUT2D eigenvalue weighted by molar-refractivity contribution is 5.99. The summed E-state index contributed by atoms with van der Waals surface area (Å²) in [5.74, 6) is -0.321. The number of benzene rings is 1. The molecular formula is C23H30N2O4. The van der Waals surface area contributed by atoms with E-state index in [9.17, 15) is 14.4 Å². The summed E-state index contributed by atoms with van der Waals surface area (Å²) >= 11 is 0. The minimum Gasteiger partial charge on any atom is -0.368 e. The number of nitrogens with one attached hydrogen (secondary N) is 1. The van der Waals surface area contributed by atoms with Gasteiger partial charge in [-0.25, -0.2) is 0 Å². The summed E-state index contributed by atoms with van der Waals surface area (Å²) in [6.07, 6.45) is 1.88. The number of hydrogen-bond donors (Lipinski definition) is 1. The van der Waals surface area contributed by atoms with Crippen LogP contribution in [-0.2, 0) is 14.3 Å². The summed E-state index contributed by atoms with van der Waals surface area (Å²) in [4.78, 5) is 40.0. The van der Waals surface area contributed by atoms with E-state index in [0.29, 0.717) is 18.5 Å². The normalized spacial score (nSPS) is 22.3. The van der Waals surface area contributed by atoms with Crippen molar-refractivity contribution in [2.45, 2.75) is 58.2 Å². The van der Waals surface area contributed by atoms with Crippen molar-refractivity contribution in [3.8, 4) is 0 Å². The summed E-state index contributed by atoms with van der Waals surface area (Å²) < 4.78 is 5.55. The SMILES string of the molecule is C=C(C)c1ccc(C(=O)N[C@@H](CC(C)C)C(=O)N2CCC[C@H]3OCC(=O)[C@H]32)cc1. The molecule has 0 bridgehead atoms. The first-order valence-electron chi connectivity index (χ1n) is 10.3. The standard InChI is InChI=1S/C23H30N2O4/c1-14(2)12-18(24-22(27)17-9-7-16(8-10-17)15(3)4)23(28)25-11-5-6-20-21(25)19(26)13-29-20/h7-10,14,18,20-21H,3,5-6,11-13H2,1-2,4H3,(H,24,27)/t18-,20+,21+/m0/s1. The lowest BCUT2D eigenvalue weighted by molar-refractivity contribution is -0.142. The van der Waals surface area contributed by atoms with Crippen molar-refractivity contribution >= 4 is 23.2 Å². The van der Waals surface area contributed by atoms with Crippen LogP contribution in [0, 0.1) is 5.92 Å². The van der Waals surface area contributed by atoms with Crippen molar-refractivity contribution in [3.63, 3.8) is 0 Å². The minimum absolute atomic E-state index is 0.0481. The lowest BCUT2D eigenvalue weighted by Gasteiger charge is -2.37. The van der Waals surface area contributed by atoms with Gasteiger partial charge in [-0.15, -0.1) is 0 Å². The fourth-order valence-electron chi connectivity index (χ4n) is 4.08. The number of fused-ring (bicyclic) bond motifs is 1. The molecule has 0 saturated carbocycles. The van der Waals surface area contributed by atoms with Crippen molar-refractivity contribution in [2.24, 2.45) is 5.92 Å². The van der Waals surface area contributed by atoms with Crippen LogP contribution in [0.15, 0.2) is 30.8 Å². The average molecular weight is 399 g/mol. The minimum atomic E-state index is -0.671. The molecule has 2 fully saturated rings. The van der Waals surface area contributed by atoms with Crippen LogP contribution < -0.4 is 5.32 Å². The largest absolute Gasteiger partial charge is 0.368 e. The maximum Gasteiger partial charge on any atom is 0.251 e. The first kappa shape index (κ1) is 21.2. The molecule has 0 radical (unpaired) electrons. The molecule has 0 aromatic heterocycles. The maximum absolute atomic E-state index is 13.3. The zero-order valence-electron chi connectivity index (χ0n) is 17.4. The van der Waals surface area contributed by atoms with Gasteiger partial charge in [0.15, 0.2) is 5.78 Å². The molecule has 2 heterocycles. The zero-order chi connectivity index (χ0) is 21.1. The second-order valence-corrected chi connectivity index (χ2v) is 8.45. The van der Waals surface area contributed by atoms with Crippen LogP contribution in [0.4, 0.5) is 0 Å². The summed E-state index contributed by atoms with van der Waals surface area (Å²) in [6.45, 7) is 10.4. The van der Waals surface area contributed by atoms with Crippen molar-refractivity contribution in [1.82, 2.24) is 10.2 Å². The predicted molar refractivity (Wildman–Crippen MR) is 111 cm³/mol. The van der Waals surface area contributed by atoms with Crippen molar-refractivity contribution in [3.05, 3.63) is 42.0 Å². The predicted octanol–water partition coefficient (Wildman–Crippen LogP) is 2.82. The summed E-state index contributed by atoms with van der Waals surface area (Å²) in [5.41, 5.74) is 2.39. The molecule has 2 aliphatic heterocycles. The number of amides is 2. The Morgan fingerprint density at radius 2 is 1.90 bits per heavy atom. The molecule has 6 nitrogen and oxygen atoms in total. The van der Waals surface area contributed by atoms with Gasteiger partial charge >= 0.3 is 0 Å². The summed E-state index contributed by atoms with van der Waals surface area (Å²) in [5, 5.41) is 2.90. The molecule has 156 valence electrons. The van der Waals surface area contributed by atoms with Gasteiger partial charge in [-0.05, 0) is 49.8 Å². The van der Waals surface area contributed by atoms with E-state index < -0.39 is 12.1 Å². The van der Waals surface area contributed by atoms with E-state index in [1.54, 1.807) is 17.0 Å². The molecule has 1 aromatic rings. The van der Waals surface area contributed by atoms with Gasteiger partial charge in [-0.3, -0.25) is 14.4 Å². The van der Waals surface area contributed by atoms with Crippen LogP contribution in [0.2, 0.25) is 0 Å². The van der Waals surface area contributed by atoms with Crippen LogP contribution >= 0.6 is 0 Å². The maximum atomic E-state index is 13.3. The van der Waals surface area contributed by atoms with Crippen molar-refractivity contribution < 1.29 is 19.1 Å². The van der Waals surface area contributed by atoms with Gasteiger partial charge in [-0.1, -0.05) is 38.1 Å². The van der Waals surface area contributed by atoms with E-state index in [2.05, 4.69) is 11.9 Å². The molecule has 1 aromatic carbocycles. The Bertz CT molecular complexity index is 800. The molecule has 0 unspecified atom stereocenters. The van der Waals surface area contributed by atoms with Gasteiger partial charge < -0.3 is 15.0 Å². The fourth-order valence-corrected chi connectivity index (χ4v) is 4.08. The highest BCUT2D eigenvalue weighted by Crippen LogP contribution is 2.27. The van der Waals surface area contributed by atoms with E-state index in [0.717, 1.165) is 24.0 Å². The molecule has 0 spiro atoms. The number of allylic oxidation sites excluding steroid dienone is 1. The van der Waals surface area contributed by atoms with Crippen LogP contribution in [0.1, 0.15) is 56.0 Å². The van der Waals surface area contributed by atoms with Crippen molar-refractivity contribution in [2.75, 3.05) is 13.2 Å². The number of ketones is 1. The highest BCUT2D eigenvalue weighted by Gasteiger charge is 2.45. The number of rotatable bonds is 6. The Hall–Kier alpha value is -2.47. The molecule has 29 heavy (non-hydrogen) atoms. The van der Waals surface area contributed by atoms with Gasteiger partial charge in [-0.2, -0.15) is 0 Å². The third-order valence-corrected chi connectivity index (χ3v) is 5.58. The van der Waals surface area contributed by atoms with E-state index in [1.165, 1.54) is 0 Å². The Morgan fingerprint density at radius 1 is 1.24 bits per heavy atom. The first-order chi connectivity index (χ1) is 13.8. The molecule has 2 aliphatic rings. The quantitative estimate of drug-likeness (QED) is 0.800. The molecule has 6 heteroatoms. The lowest BCUT2D eigenvalue weighted by Crippen LogP contribution is -2.58. The van der Waals surface area contributed by atoms with Crippen LogP contribution in [0.5, 0.6) is 0 Å². The van der Waals surface area contributed by atoms with Crippen LogP contribution in [0.3, 0.4) is 0 Å². The van der Waals surface area contributed by atoms with Crippen LogP contribution in [0.25, 0.3) is 5.57 Å². The molecule has 2 amide bonds. The number of carbonyl (C=O) groups is 3. The van der Waals surface area contributed by atoms with Gasteiger partial charge in [0.1, 0.15) is 18.7 Å². The van der Waals surface area contributed by atoms with Crippen LogP contribution in [-0.4, -0.2) is 53.8 Å². The van der Waals surface area contributed by atoms with Gasteiger partial charge in [0.25, 0.3) is 5.91 Å². The van der Waals surface area contributed by atoms with Gasteiger partial charge in [0.05, 0.1) is 6.10 Å². The lowest BCUT2D eigenvalue weighted by atomic mass is 9.95. The van der Waals surface area contributed by atoms with Gasteiger partial charge in [0, 0.05) is 12.1 Å². The number of Topliss-reactive ketones (excluding diaryl/α,β-unsaturated/α-hetero) is 1. The third-order valence-electron chi connectivity index (χ3n) is 5.58. The number of likely N-dealkylation sites (tertiary alicyclic amines) is 1. The van der Waals surface area contributed by atoms with Gasteiger partial charge in [0.2, 0.25) is 5.91 Å². The van der Waals surface area contributed by atoms with E-state index >= 15 is 0 Å². The summed E-state index contributed by atoms with van der Waals surface area (Å²) in [7, 11) is 0. The first-order valence-corrected chi connectivity index (χ1v) is 10.3. The smallest absolute Gasteiger partial charge is 0.251 e. The molecule has 0 aliphatic carbocycles. The Labute approximate surface area is 172 Å². The van der Waals surface area contributed by atoms with E-state index in [-0.39, 0.29) is 36.2 Å². The Kier molecular flexibility index (Phi) is 6.52. The van der Waals surface area contributed by atoms with E-state index in [1.807, 2.05) is 32.9 Å². The third kappa shape index (κ3) is 4.75. The van der Waals surface area contributed by atoms with E-state index in [4.69, 9.17) is 4.74 Å². The molecule has 2 saturated heterocycles. The zero-order valence-corrected chi connectivity index (χ0v) is 17.4. The molecule has 3 rings (SSSR count). The number of hydrogen-bond acceptors (Lipinski definition) is 4. The number of nitrogens with zero attached hydrogens (tertiary/aromatic N) is 1. The molecule has 3 atom stereocenters. The Balaban J connectivity index is 1.76. The molecular weight excluding hydrogens is 368 g/mol. The number of piperidine rings is 1. The number of carbonyl (C=O) groups excluding carboxylic acids is 3. The number of ether oxygens (including phenoxy) is 1. The topological polar surface area (TPSA) is 75.7 Å². The second kappa shape index (κ2) is 8.91. The highest BCUT2D eigenvalue weighted by atomic mass is 16.5. The second-order valence-electron chi connectivity index (χ2n) is 8.45. The summed E-state index contributed by atoms with van der Waals surface area (Å²) in [6, 6.07) is 5.98. The Morgan fingerprint density at radius 3 is 2.52 bits per heavy atom. The monoisotopic (exact) mass is 398 g/mol. The van der Waals surface area contributed by atoms with Crippen molar-refractivity contribution in [1.29, 1.82) is 0 Å².